The van der Waals surface area contributed by atoms with Crippen LogP contribution >= 0.6 is 0 Å². The standard InChI is InChI=1S/C16H34O5Si2.C14H24O3Si2/c1-22(2,9-5-7-17-11-15-13-19-15)21-23(3,4)10-6-8-18-12-16-14-20-16;1-19(2,10-6-9-15-11-13-12-16-13)17-18-14-7-4-3-5-8-14/h15-16H,5-14H2,1-4H3;3-5,7-8,13H,6,9-12,18H2,1-2H3. The van der Waals surface area contributed by atoms with Gasteiger partial charge in [0.1, 0.15) is 18.3 Å². The zero-order valence-corrected chi connectivity index (χ0v) is 31.6. The van der Waals surface area contributed by atoms with E-state index in [1.165, 1.54) is 23.3 Å². The summed E-state index contributed by atoms with van der Waals surface area (Å²) >= 11 is 0. The van der Waals surface area contributed by atoms with Gasteiger partial charge in [0.05, 0.1) is 39.6 Å². The summed E-state index contributed by atoms with van der Waals surface area (Å²) < 4.78 is 45.1. The zero-order valence-electron chi connectivity index (χ0n) is 27.2. The topological polar surface area (TPSA) is 83.7 Å². The lowest BCUT2D eigenvalue weighted by molar-refractivity contribution is 0.116. The summed E-state index contributed by atoms with van der Waals surface area (Å²) in [7, 11) is -5.23. The molecule has 0 saturated carbocycles. The molecule has 3 unspecified atom stereocenters. The minimum Gasteiger partial charge on any atom is -0.457 e. The molecule has 0 radical (unpaired) electrons. The molecule has 3 heterocycles. The van der Waals surface area contributed by atoms with Crippen molar-refractivity contribution < 1.29 is 36.7 Å². The van der Waals surface area contributed by atoms with Gasteiger partial charge in [0.25, 0.3) is 0 Å². The highest BCUT2D eigenvalue weighted by Crippen LogP contribution is 2.24. The second-order valence-corrected chi connectivity index (χ2v) is 28.7. The highest BCUT2D eigenvalue weighted by Gasteiger charge is 2.32. The molecule has 0 amide bonds. The van der Waals surface area contributed by atoms with E-state index in [9.17, 15) is 0 Å². The third kappa shape index (κ3) is 19.2. The van der Waals surface area contributed by atoms with Crippen LogP contribution in [0.15, 0.2) is 30.3 Å². The van der Waals surface area contributed by atoms with Crippen molar-refractivity contribution in [3.63, 3.8) is 0 Å². The smallest absolute Gasteiger partial charge is 0.178 e. The fourth-order valence-electron chi connectivity index (χ4n) is 4.71. The fourth-order valence-corrected chi connectivity index (χ4v) is 17.8. The molecule has 4 rings (SSSR count). The van der Waals surface area contributed by atoms with Crippen LogP contribution in [0.4, 0.5) is 0 Å². The van der Waals surface area contributed by atoms with Crippen molar-refractivity contribution >= 4 is 39.9 Å². The van der Waals surface area contributed by atoms with Gasteiger partial charge in [-0.25, -0.2) is 0 Å². The molecule has 8 nitrogen and oxygen atoms in total. The maximum absolute atomic E-state index is 6.62. The van der Waals surface area contributed by atoms with Crippen LogP contribution in [-0.4, -0.2) is 112 Å². The van der Waals surface area contributed by atoms with E-state index in [0.717, 1.165) is 78.7 Å². The number of ether oxygens (including phenoxy) is 6. The quantitative estimate of drug-likeness (QED) is 0.0970. The summed E-state index contributed by atoms with van der Waals surface area (Å²) in [6.45, 7) is 21.4. The number of hydrogen-bond donors (Lipinski definition) is 0. The van der Waals surface area contributed by atoms with Crippen LogP contribution in [0.5, 0.6) is 0 Å². The van der Waals surface area contributed by atoms with Gasteiger partial charge in [0.2, 0.25) is 0 Å². The Hall–Kier alpha value is -0.232. The summed E-state index contributed by atoms with van der Waals surface area (Å²) in [4.78, 5) is 0. The van der Waals surface area contributed by atoms with Crippen LogP contribution in [0.3, 0.4) is 0 Å². The Morgan fingerprint density at radius 2 is 1.00 bits per heavy atom. The van der Waals surface area contributed by atoms with Gasteiger partial charge in [-0.15, -0.1) is 0 Å². The van der Waals surface area contributed by atoms with E-state index < -0.39 is 34.7 Å². The fraction of sp³-hybridized carbons (Fsp3) is 0.800. The zero-order chi connectivity index (χ0) is 30.3. The molecule has 0 aromatic heterocycles. The lowest BCUT2D eigenvalue weighted by atomic mass is 10.4. The van der Waals surface area contributed by atoms with E-state index in [2.05, 4.69) is 69.6 Å². The Kier molecular flexibility index (Phi) is 16.1. The molecule has 0 aliphatic carbocycles. The molecule has 0 spiro atoms. The third-order valence-electron chi connectivity index (χ3n) is 7.35. The highest BCUT2D eigenvalue weighted by molar-refractivity contribution is 6.84. The molecule has 1 aromatic carbocycles. The first-order chi connectivity index (χ1) is 20.0. The van der Waals surface area contributed by atoms with Gasteiger partial charge >= 0.3 is 0 Å². The summed E-state index contributed by atoms with van der Waals surface area (Å²) in [5.74, 6) is 0. The number of epoxide rings is 3. The molecule has 3 fully saturated rings. The molecular weight excluding hydrogens is 601 g/mol. The van der Waals surface area contributed by atoms with Gasteiger partial charge in [0.15, 0.2) is 34.7 Å². The van der Waals surface area contributed by atoms with E-state index in [0.29, 0.717) is 18.3 Å². The number of hydrogen-bond acceptors (Lipinski definition) is 8. The molecule has 3 atom stereocenters. The maximum atomic E-state index is 6.62. The molecule has 12 heteroatoms. The lowest BCUT2D eigenvalue weighted by Crippen LogP contribution is -2.44. The normalized spacial score (nSPS) is 21.8. The van der Waals surface area contributed by atoms with Crippen LogP contribution in [0.2, 0.25) is 57.4 Å². The average Bonchev–Trinajstić information content (AvgIpc) is 3.78. The van der Waals surface area contributed by atoms with Crippen LogP contribution in [0.1, 0.15) is 19.3 Å². The monoisotopic (exact) mass is 658 g/mol. The second-order valence-electron chi connectivity index (χ2n) is 13.6. The Morgan fingerprint density at radius 3 is 1.38 bits per heavy atom. The molecular formula is C30H58O8Si4. The summed E-state index contributed by atoms with van der Waals surface area (Å²) in [5.41, 5.74) is 0. The summed E-state index contributed by atoms with van der Waals surface area (Å²) in [5, 5.41) is 1.39. The lowest BCUT2D eigenvalue weighted by Gasteiger charge is -2.34. The third-order valence-corrected chi connectivity index (χ3v) is 20.9. The SMILES string of the molecule is C[Si](C)(CCCOCC1CO1)O[SiH2]c1ccccc1.C[Si](C)(CCCOCC1CO1)O[Si](C)(C)CCCOCC1CO1. The molecule has 3 aliphatic rings. The Balaban J connectivity index is 0.000000235. The van der Waals surface area contributed by atoms with Gasteiger partial charge in [-0.3, -0.25) is 0 Å². The Morgan fingerprint density at radius 1 is 0.619 bits per heavy atom. The van der Waals surface area contributed by atoms with Crippen molar-refractivity contribution in [2.24, 2.45) is 0 Å². The van der Waals surface area contributed by atoms with Crippen LogP contribution in [0, 0.1) is 0 Å². The van der Waals surface area contributed by atoms with Crippen molar-refractivity contribution in [3.8, 4) is 0 Å². The maximum Gasteiger partial charge on any atom is 0.178 e. The predicted octanol–water partition coefficient (Wildman–Crippen LogP) is 4.45. The molecule has 3 saturated heterocycles. The van der Waals surface area contributed by atoms with Crippen molar-refractivity contribution in [1.29, 1.82) is 0 Å². The minimum absolute atomic E-state index is 0.372. The number of rotatable bonds is 23. The first kappa shape index (κ1) is 36.2. The minimum atomic E-state index is -1.59. The van der Waals surface area contributed by atoms with Crippen molar-refractivity contribution in [2.75, 3.05) is 59.5 Å². The van der Waals surface area contributed by atoms with E-state index >= 15 is 0 Å². The summed E-state index contributed by atoms with van der Waals surface area (Å²) in [6.07, 6.45) is 4.43. The van der Waals surface area contributed by atoms with E-state index in [1.807, 2.05) is 0 Å². The van der Waals surface area contributed by atoms with Crippen molar-refractivity contribution in [2.45, 2.75) is 95.0 Å². The first-order valence-corrected chi connectivity index (χ1v) is 26.6. The summed E-state index contributed by atoms with van der Waals surface area (Å²) in [6, 6.07) is 14.1. The van der Waals surface area contributed by atoms with Crippen LogP contribution in [-0.2, 0) is 36.7 Å². The molecule has 0 N–H and O–H groups in total. The molecule has 42 heavy (non-hydrogen) atoms. The molecule has 3 aliphatic heterocycles. The van der Waals surface area contributed by atoms with Gasteiger partial charge in [-0.1, -0.05) is 30.3 Å². The number of benzene rings is 1. The Labute approximate surface area is 260 Å². The van der Waals surface area contributed by atoms with Gasteiger partial charge in [-0.2, -0.15) is 0 Å². The van der Waals surface area contributed by atoms with Crippen molar-refractivity contribution in [3.05, 3.63) is 30.3 Å². The van der Waals surface area contributed by atoms with Gasteiger partial charge in [0, 0.05) is 19.8 Å². The average molecular weight is 659 g/mol. The van der Waals surface area contributed by atoms with E-state index in [-0.39, 0.29) is 0 Å². The molecule has 242 valence electrons. The second kappa shape index (κ2) is 18.7. The van der Waals surface area contributed by atoms with Gasteiger partial charge < -0.3 is 36.7 Å². The highest BCUT2D eigenvalue weighted by atomic mass is 28.4. The molecule has 1 aromatic rings. The molecule has 0 bridgehead atoms. The van der Waals surface area contributed by atoms with Gasteiger partial charge in [-0.05, 0) is 81.9 Å². The largest absolute Gasteiger partial charge is 0.457 e. The van der Waals surface area contributed by atoms with Crippen molar-refractivity contribution in [1.82, 2.24) is 0 Å². The Bertz CT molecular complexity index is 817. The van der Waals surface area contributed by atoms with E-state index in [4.69, 9.17) is 36.7 Å². The van der Waals surface area contributed by atoms with Crippen LogP contribution < -0.4 is 5.19 Å². The predicted molar refractivity (Wildman–Crippen MR) is 179 cm³/mol. The van der Waals surface area contributed by atoms with E-state index in [1.54, 1.807) is 0 Å². The van der Waals surface area contributed by atoms with Crippen LogP contribution in [0.25, 0.3) is 0 Å². The first-order valence-electron chi connectivity index (χ1n) is 16.0.